The number of rotatable bonds is 3. The van der Waals surface area contributed by atoms with Crippen LogP contribution >= 0.6 is 0 Å². The maximum atomic E-state index is 12.1. The van der Waals surface area contributed by atoms with Crippen molar-refractivity contribution >= 4 is 11.8 Å². The summed E-state index contributed by atoms with van der Waals surface area (Å²) in [5.41, 5.74) is 0.746. The molecule has 1 aromatic heterocycles. The first-order chi connectivity index (χ1) is 9.27. The molecule has 100 valence electrons. The van der Waals surface area contributed by atoms with Gasteiger partial charge in [0.2, 0.25) is 0 Å². The van der Waals surface area contributed by atoms with Gasteiger partial charge in [-0.3, -0.25) is 19.5 Å². The van der Waals surface area contributed by atoms with Crippen LogP contribution in [-0.2, 0) is 0 Å². The Labute approximate surface area is 112 Å². The monoisotopic (exact) mass is 259 g/mol. The number of imide groups is 1. The maximum Gasteiger partial charge on any atom is 0.280 e. The SMILES string of the molecule is O=C1c2cccnc2C(=O)N1CCC1CCNCC1. The summed E-state index contributed by atoms with van der Waals surface area (Å²) in [6, 6.07) is 3.37. The van der Waals surface area contributed by atoms with Gasteiger partial charge in [0, 0.05) is 12.7 Å². The minimum Gasteiger partial charge on any atom is -0.317 e. The number of piperidine rings is 1. The van der Waals surface area contributed by atoms with Crippen molar-refractivity contribution in [2.75, 3.05) is 19.6 Å². The lowest BCUT2D eigenvalue weighted by molar-refractivity contribution is 0.0641. The van der Waals surface area contributed by atoms with Crippen molar-refractivity contribution in [1.29, 1.82) is 0 Å². The van der Waals surface area contributed by atoms with Gasteiger partial charge in [-0.05, 0) is 50.4 Å². The van der Waals surface area contributed by atoms with Gasteiger partial charge < -0.3 is 5.32 Å². The highest BCUT2D eigenvalue weighted by Crippen LogP contribution is 2.23. The molecule has 0 aromatic carbocycles. The van der Waals surface area contributed by atoms with E-state index in [-0.39, 0.29) is 11.8 Å². The van der Waals surface area contributed by atoms with Gasteiger partial charge >= 0.3 is 0 Å². The van der Waals surface area contributed by atoms with Crippen LogP contribution in [0.1, 0.15) is 40.1 Å². The summed E-state index contributed by atoms with van der Waals surface area (Å²) in [5, 5.41) is 3.32. The van der Waals surface area contributed by atoms with E-state index in [0.29, 0.717) is 23.7 Å². The van der Waals surface area contributed by atoms with Gasteiger partial charge in [0.25, 0.3) is 11.8 Å². The second-order valence-electron chi connectivity index (χ2n) is 5.14. The first kappa shape index (κ1) is 12.3. The Bertz CT molecular complexity index is 474. The molecule has 0 atom stereocenters. The molecule has 0 radical (unpaired) electrons. The van der Waals surface area contributed by atoms with Crippen molar-refractivity contribution in [2.45, 2.75) is 19.3 Å². The molecule has 0 aliphatic carbocycles. The number of pyridine rings is 1. The summed E-state index contributed by atoms with van der Waals surface area (Å²) in [7, 11) is 0. The first-order valence-electron chi connectivity index (χ1n) is 6.79. The molecule has 0 unspecified atom stereocenters. The maximum absolute atomic E-state index is 12.1. The number of carbonyl (C=O) groups is 2. The van der Waals surface area contributed by atoms with Gasteiger partial charge in [0.1, 0.15) is 5.69 Å². The van der Waals surface area contributed by atoms with E-state index in [4.69, 9.17) is 0 Å². The fourth-order valence-electron chi connectivity index (χ4n) is 2.80. The Hall–Kier alpha value is -1.75. The number of nitrogens with zero attached hydrogens (tertiary/aromatic N) is 2. The Balaban J connectivity index is 1.67. The Morgan fingerprint density at radius 3 is 2.79 bits per heavy atom. The molecule has 0 saturated carbocycles. The molecule has 1 N–H and O–H groups in total. The highest BCUT2D eigenvalue weighted by molar-refractivity contribution is 6.20. The number of fused-ring (bicyclic) bond motifs is 1. The van der Waals surface area contributed by atoms with Crippen LogP contribution < -0.4 is 5.32 Å². The third kappa shape index (κ3) is 2.26. The standard InChI is InChI=1S/C14H17N3O2/c18-13-11-2-1-6-16-12(11)14(19)17(13)9-5-10-3-7-15-8-4-10/h1-2,6,10,15H,3-5,7-9H2. The zero-order chi connectivity index (χ0) is 13.2. The lowest BCUT2D eigenvalue weighted by Crippen LogP contribution is -2.34. The predicted octanol–water partition coefficient (Wildman–Crippen LogP) is 1.07. The van der Waals surface area contributed by atoms with Crippen molar-refractivity contribution < 1.29 is 9.59 Å². The van der Waals surface area contributed by atoms with E-state index < -0.39 is 0 Å². The van der Waals surface area contributed by atoms with Crippen molar-refractivity contribution in [3.63, 3.8) is 0 Å². The van der Waals surface area contributed by atoms with Crippen LogP contribution in [0.4, 0.5) is 0 Å². The van der Waals surface area contributed by atoms with Crippen molar-refractivity contribution in [2.24, 2.45) is 5.92 Å². The number of nitrogens with one attached hydrogen (secondary N) is 1. The van der Waals surface area contributed by atoms with E-state index in [9.17, 15) is 9.59 Å². The molecule has 5 nitrogen and oxygen atoms in total. The fourth-order valence-corrected chi connectivity index (χ4v) is 2.80. The Kier molecular flexibility index (Phi) is 3.29. The van der Waals surface area contributed by atoms with Gasteiger partial charge in [0.15, 0.2) is 0 Å². The quantitative estimate of drug-likeness (QED) is 0.825. The number of amides is 2. The van der Waals surface area contributed by atoms with Crippen molar-refractivity contribution in [3.8, 4) is 0 Å². The van der Waals surface area contributed by atoms with Crippen molar-refractivity contribution in [3.05, 3.63) is 29.6 Å². The van der Waals surface area contributed by atoms with Gasteiger partial charge in [-0.2, -0.15) is 0 Å². The van der Waals surface area contributed by atoms with E-state index in [1.807, 2.05) is 0 Å². The zero-order valence-corrected chi connectivity index (χ0v) is 10.8. The van der Waals surface area contributed by atoms with Crippen LogP contribution in [0.3, 0.4) is 0 Å². The second kappa shape index (κ2) is 5.09. The van der Waals surface area contributed by atoms with Crippen LogP contribution in [0.15, 0.2) is 18.3 Å². The summed E-state index contributed by atoms with van der Waals surface area (Å²) in [5.74, 6) is 0.176. The van der Waals surface area contributed by atoms with Crippen LogP contribution in [0.25, 0.3) is 0 Å². The molecule has 1 saturated heterocycles. The molecule has 1 aromatic rings. The number of carbonyl (C=O) groups excluding carboxylic acids is 2. The highest BCUT2D eigenvalue weighted by atomic mass is 16.2. The molecule has 2 amide bonds. The number of hydrogen-bond donors (Lipinski definition) is 1. The van der Waals surface area contributed by atoms with Gasteiger partial charge in [-0.25, -0.2) is 0 Å². The third-order valence-corrected chi connectivity index (χ3v) is 3.95. The summed E-state index contributed by atoms with van der Waals surface area (Å²) >= 11 is 0. The predicted molar refractivity (Wildman–Crippen MR) is 69.8 cm³/mol. The van der Waals surface area contributed by atoms with Gasteiger partial charge in [0.05, 0.1) is 5.56 Å². The van der Waals surface area contributed by atoms with Crippen molar-refractivity contribution in [1.82, 2.24) is 15.2 Å². The van der Waals surface area contributed by atoms with E-state index in [1.54, 1.807) is 18.3 Å². The number of aromatic nitrogens is 1. The molecular formula is C14H17N3O2. The normalized spacial score (nSPS) is 19.9. The average molecular weight is 259 g/mol. The minimum absolute atomic E-state index is 0.193. The van der Waals surface area contributed by atoms with E-state index in [0.717, 1.165) is 32.4 Å². The van der Waals surface area contributed by atoms with E-state index >= 15 is 0 Å². The molecule has 5 heteroatoms. The Morgan fingerprint density at radius 2 is 2.05 bits per heavy atom. The lowest BCUT2D eigenvalue weighted by atomic mass is 9.94. The van der Waals surface area contributed by atoms with Crippen LogP contribution in [-0.4, -0.2) is 41.3 Å². The van der Waals surface area contributed by atoms with E-state index in [2.05, 4.69) is 10.3 Å². The van der Waals surface area contributed by atoms with Crippen LogP contribution in [0.5, 0.6) is 0 Å². The topological polar surface area (TPSA) is 62.3 Å². The van der Waals surface area contributed by atoms with Gasteiger partial charge in [-0.1, -0.05) is 0 Å². The summed E-state index contributed by atoms with van der Waals surface area (Å²) < 4.78 is 0. The third-order valence-electron chi connectivity index (χ3n) is 3.95. The molecule has 1 fully saturated rings. The fraction of sp³-hybridized carbons (Fsp3) is 0.500. The zero-order valence-electron chi connectivity index (χ0n) is 10.8. The molecular weight excluding hydrogens is 242 g/mol. The molecule has 0 spiro atoms. The largest absolute Gasteiger partial charge is 0.317 e. The van der Waals surface area contributed by atoms with Crippen LogP contribution in [0.2, 0.25) is 0 Å². The van der Waals surface area contributed by atoms with E-state index in [1.165, 1.54) is 4.90 Å². The summed E-state index contributed by atoms with van der Waals surface area (Å²) in [4.78, 5) is 29.6. The minimum atomic E-state index is -0.241. The molecule has 2 aliphatic heterocycles. The molecule has 3 rings (SSSR count). The lowest BCUT2D eigenvalue weighted by Gasteiger charge is -2.24. The molecule has 0 bridgehead atoms. The summed E-state index contributed by atoms with van der Waals surface area (Å²) in [6.45, 7) is 2.58. The molecule has 19 heavy (non-hydrogen) atoms. The molecule has 3 heterocycles. The second-order valence-corrected chi connectivity index (χ2v) is 5.14. The van der Waals surface area contributed by atoms with Crippen LogP contribution in [0, 0.1) is 5.92 Å². The smallest absolute Gasteiger partial charge is 0.280 e. The average Bonchev–Trinajstić information content (AvgIpc) is 2.71. The van der Waals surface area contributed by atoms with Gasteiger partial charge in [-0.15, -0.1) is 0 Å². The summed E-state index contributed by atoms with van der Waals surface area (Å²) in [6.07, 6.45) is 4.70. The highest BCUT2D eigenvalue weighted by Gasteiger charge is 2.36. The molecule has 2 aliphatic rings. The number of hydrogen-bond acceptors (Lipinski definition) is 4. The Morgan fingerprint density at radius 1 is 1.26 bits per heavy atom. The first-order valence-corrected chi connectivity index (χ1v) is 6.79.